The zero-order chi connectivity index (χ0) is 21.0. The number of carbonyl (C=O) groups excluding carboxylic acids is 3. The largest absolute Gasteiger partial charge is 0.455 e. The maximum atomic E-state index is 13.1. The molecule has 1 unspecified atom stereocenters. The smallest absolute Gasteiger partial charge is 0.311 e. The molecular formula is C21H20F2N2O4. The van der Waals surface area contributed by atoms with Crippen LogP contribution in [0.2, 0.25) is 0 Å². The van der Waals surface area contributed by atoms with Crippen LogP contribution in [0.15, 0.2) is 42.5 Å². The summed E-state index contributed by atoms with van der Waals surface area (Å²) in [5, 5.41) is 2.31. The van der Waals surface area contributed by atoms with Crippen LogP contribution in [0.25, 0.3) is 0 Å². The van der Waals surface area contributed by atoms with Crippen LogP contribution in [-0.2, 0) is 25.7 Å². The van der Waals surface area contributed by atoms with Gasteiger partial charge in [-0.15, -0.1) is 0 Å². The summed E-state index contributed by atoms with van der Waals surface area (Å²) >= 11 is 0. The molecule has 8 heteroatoms. The quantitative estimate of drug-likeness (QED) is 0.754. The Hall–Kier alpha value is -3.29. The predicted octanol–water partition coefficient (Wildman–Crippen LogP) is 2.80. The molecule has 1 aliphatic rings. The molecule has 1 atom stereocenters. The zero-order valence-corrected chi connectivity index (χ0v) is 15.8. The second-order valence-electron chi connectivity index (χ2n) is 6.95. The van der Waals surface area contributed by atoms with Crippen molar-refractivity contribution in [2.75, 3.05) is 18.5 Å². The fraction of sp³-hybridized carbons (Fsp3) is 0.286. The number of halogens is 2. The fourth-order valence-corrected chi connectivity index (χ4v) is 3.02. The van der Waals surface area contributed by atoms with Gasteiger partial charge in [-0.05, 0) is 24.6 Å². The molecule has 0 aromatic heterocycles. The highest BCUT2D eigenvalue weighted by molar-refractivity contribution is 5.93. The minimum absolute atomic E-state index is 0.0233. The minimum atomic E-state index is -1.10. The van der Waals surface area contributed by atoms with E-state index in [-0.39, 0.29) is 24.6 Å². The fourth-order valence-electron chi connectivity index (χ4n) is 3.02. The summed E-state index contributed by atoms with van der Waals surface area (Å²) in [5.41, 5.74) is 2.12. The first kappa shape index (κ1) is 20.4. The number of esters is 1. The van der Waals surface area contributed by atoms with E-state index in [1.54, 1.807) is 4.90 Å². The van der Waals surface area contributed by atoms with Gasteiger partial charge in [-0.1, -0.05) is 29.8 Å². The van der Waals surface area contributed by atoms with Crippen LogP contribution in [-0.4, -0.2) is 35.8 Å². The van der Waals surface area contributed by atoms with E-state index in [4.69, 9.17) is 4.74 Å². The van der Waals surface area contributed by atoms with Crippen molar-refractivity contribution < 1.29 is 27.9 Å². The SMILES string of the molecule is Cc1ccc(CN2CC(C(=O)OCC(=O)Nc3ccc(F)c(F)c3)CC2=O)cc1. The lowest BCUT2D eigenvalue weighted by atomic mass is 10.1. The lowest BCUT2D eigenvalue weighted by Gasteiger charge is -2.16. The first-order valence-electron chi connectivity index (χ1n) is 9.06. The summed E-state index contributed by atoms with van der Waals surface area (Å²) < 4.78 is 31.0. The molecule has 2 amide bonds. The monoisotopic (exact) mass is 402 g/mol. The van der Waals surface area contributed by atoms with E-state index < -0.39 is 36.0 Å². The van der Waals surface area contributed by atoms with Gasteiger partial charge < -0.3 is 15.0 Å². The Balaban J connectivity index is 1.47. The van der Waals surface area contributed by atoms with Gasteiger partial charge >= 0.3 is 5.97 Å². The maximum absolute atomic E-state index is 13.1. The molecule has 0 saturated carbocycles. The highest BCUT2D eigenvalue weighted by atomic mass is 19.2. The van der Waals surface area contributed by atoms with Gasteiger partial charge in [0, 0.05) is 31.3 Å². The van der Waals surface area contributed by atoms with E-state index in [9.17, 15) is 23.2 Å². The van der Waals surface area contributed by atoms with Crippen molar-refractivity contribution >= 4 is 23.5 Å². The number of nitrogens with one attached hydrogen (secondary N) is 1. The summed E-state index contributed by atoms with van der Waals surface area (Å²) in [6.07, 6.45) is 0.0233. The van der Waals surface area contributed by atoms with Gasteiger partial charge in [0.25, 0.3) is 5.91 Å². The Labute approximate surface area is 166 Å². The van der Waals surface area contributed by atoms with Crippen LogP contribution in [0.5, 0.6) is 0 Å². The van der Waals surface area contributed by atoms with Crippen LogP contribution >= 0.6 is 0 Å². The molecule has 0 aliphatic carbocycles. The first-order valence-corrected chi connectivity index (χ1v) is 9.06. The molecule has 2 aromatic carbocycles. The van der Waals surface area contributed by atoms with Crippen molar-refractivity contribution in [1.82, 2.24) is 4.90 Å². The molecular weight excluding hydrogens is 382 g/mol. The number of hydrogen-bond donors (Lipinski definition) is 1. The molecule has 0 bridgehead atoms. The van der Waals surface area contributed by atoms with Crippen LogP contribution < -0.4 is 5.32 Å². The zero-order valence-electron chi connectivity index (χ0n) is 15.8. The lowest BCUT2D eigenvalue weighted by molar-refractivity contribution is -0.151. The number of ether oxygens (including phenoxy) is 1. The van der Waals surface area contributed by atoms with Gasteiger partial charge in [0.05, 0.1) is 5.92 Å². The summed E-state index contributed by atoms with van der Waals surface area (Å²) in [5.74, 6) is -4.27. The molecule has 1 N–H and O–H groups in total. The minimum Gasteiger partial charge on any atom is -0.455 e. The van der Waals surface area contributed by atoms with E-state index >= 15 is 0 Å². The summed E-state index contributed by atoms with van der Waals surface area (Å²) in [6, 6.07) is 10.7. The number of aryl methyl sites for hydroxylation is 1. The normalized spacial score (nSPS) is 16.0. The van der Waals surface area contributed by atoms with Crippen molar-refractivity contribution in [2.24, 2.45) is 5.92 Å². The highest BCUT2D eigenvalue weighted by Crippen LogP contribution is 2.21. The van der Waals surface area contributed by atoms with Gasteiger partial charge in [-0.25, -0.2) is 8.78 Å². The molecule has 0 radical (unpaired) electrons. The van der Waals surface area contributed by atoms with Crippen LogP contribution in [0.4, 0.5) is 14.5 Å². The molecule has 6 nitrogen and oxygen atoms in total. The second kappa shape index (κ2) is 8.81. The van der Waals surface area contributed by atoms with Gasteiger partial charge in [-0.2, -0.15) is 0 Å². The Morgan fingerprint density at radius 2 is 1.86 bits per heavy atom. The van der Waals surface area contributed by atoms with Crippen LogP contribution in [0.3, 0.4) is 0 Å². The predicted molar refractivity (Wildman–Crippen MR) is 101 cm³/mol. The van der Waals surface area contributed by atoms with E-state index in [0.717, 1.165) is 23.3 Å². The number of rotatable bonds is 6. The van der Waals surface area contributed by atoms with Crippen LogP contribution in [0, 0.1) is 24.5 Å². The van der Waals surface area contributed by atoms with E-state index in [2.05, 4.69) is 5.32 Å². The van der Waals surface area contributed by atoms with Crippen molar-refractivity contribution in [3.05, 3.63) is 65.2 Å². The maximum Gasteiger partial charge on any atom is 0.311 e. The third-order valence-electron chi connectivity index (χ3n) is 4.59. The number of nitrogens with zero attached hydrogens (tertiary/aromatic N) is 1. The molecule has 152 valence electrons. The number of benzene rings is 2. The number of likely N-dealkylation sites (tertiary alicyclic amines) is 1. The molecule has 2 aromatic rings. The molecule has 3 rings (SSSR count). The lowest BCUT2D eigenvalue weighted by Crippen LogP contribution is -2.28. The van der Waals surface area contributed by atoms with E-state index in [0.29, 0.717) is 6.54 Å². The van der Waals surface area contributed by atoms with E-state index in [1.807, 2.05) is 31.2 Å². The van der Waals surface area contributed by atoms with Gasteiger partial charge in [-0.3, -0.25) is 14.4 Å². The summed E-state index contributed by atoms with van der Waals surface area (Å²) in [4.78, 5) is 37.8. The molecule has 1 heterocycles. The summed E-state index contributed by atoms with van der Waals surface area (Å²) in [7, 11) is 0. The topological polar surface area (TPSA) is 75.7 Å². The van der Waals surface area contributed by atoms with E-state index in [1.165, 1.54) is 6.07 Å². The number of hydrogen-bond acceptors (Lipinski definition) is 4. The Morgan fingerprint density at radius 3 is 2.55 bits per heavy atom. The van der Waals surface area contributed by atoms with Crippen LogP contribution in [0.1, 0.15) is 17.5 Å². The molecule has 1 aliphatic heterocycles. The second-order valence-corrected chi connectivity index (χ2v) is 6.95. The first-order chi connectivity index (χ1) is 13.8. The Kier molecular flexibility index (Phi) is 6.21. The molecule has 1 fully saturated rings. The van der Waals surface area contributed by atoms with Gasteiger partial charge in [0.1, 0.15) is 0 Å². The third kappa shape index (κ3) is 5.37. The number of amides is 2. The standard InChI is InChI=1S/C21H20F2N2O4/c1-13-2-4-14(5-3-13)10-25-11-15(8-20(25)27)21(28)29-12-19(26)24-16-6-7-17(22)18(23)9-16/h2-7,9,15H,8,10-12H2,1H3,(H,24,26). The van der Waals surface area contributed by atoms with Gasteiger partial charge in [0.15, 0.2) is 18.2 Å². The molecule has 29 heavy (non-hydrogen) atoms. The average Bonchev–Trinajstić information content (AvgIpc) is 3.05. The Bertz CT molecular complexity index is 931. The Morgan fingerprint density at radius 1 is 1.14 bits per heavy atom. The van der Waals surface area contributed by atoms with Gasteiger partial charge in [0.2, 0.25) is 5.91 Å². The van der Waals surface area contributed by atoms with Crippen molar-refractivity contribution in [3.8, 4) is 0 Å². The van der Waals surface area contributed by atoms with Crippen molar-refractivity contribution in [2.45, 2.75) is 19.9 Å². The third-order valence-corrected chi connectivity index (χ3v) is 4.59. The highest BCUT2D eigenvalue weighted by Gasteiger charge is 2.35. The molecule has 1 saturated heterocycles. The summed E-state index contributed by atoms with van der Waals surface area (Å²) in [6.45, 7) is 2.01. The molecule has 0 spiro atoms. The average molecular weight is 402 g/mol. The van der Waals surface area contributed by atoms with Crippen molar-refractivity contribution in [1.29, 1.82) is 0 Å². The number of carbonyl (C=O) groups is 3. The number of anilines is 1. The van der Waals surface area contributed by atoms with Crippen molar-refractivity contribution in [3.63, 3.8) is 0 Å².